The molecular weight excluding hydrogens is 370 g/mol. The number of benzene rings is 2. The third-order valence-corrected chi connectivity index (χ3v) is 5.96. The Morgan fingerprint density at radius 3 is 2.61 bits per heavy atom. The summed E-state index contributed by atoms with van der Waals surface area (Å²) < 4.78 is 7.15. The number of hydrogen-bond acceptors (Lipinski definition) is 4. The average molecular weight is 389 g/mol. The van der Waals surface area contributed by atoms with E-state index in [1.165, 1.54) is 14.3 Å². The third-order valence-electron chi connectivity index (χ3n) is 4.94. The van der Waals surface area contributed by atoms with Crippen LogP contribution in [0.1, 0.15) is 24.6 Å². The summed E-state index contributed by atoms with van der Waals surface area (Å²) in [5.41, 5.74) is 3.33. The van der Waals surface area contributed by atoms with E-state index in [0.717, 1.165) is 36.3 Å². The van der Waals surface area contributed by atoms with Gasteiger partial charge < -0.3 is 9.72 Å². The van der Waals surface area contributed by atoms with Crippen LogP contribution in [0.5, 0.6) is 0 Å². The van der Waals surface area contributed by atoms with E-state index in [9.17, 15) is 4.79 Å². The van der Waals surface area contributed by atoms with Crippen molar-refractivity contribution in [2.24, 2.45) is 0 Å². The van der Waals surface area contributed by atoms with Crippen LogP contribution in [0.2, 0.25) is 0 Å². The van der Waals surface area contributed by atoms with Gasteiger partial charge in [-0.1, -0.05) is 42.1 Å². The molecule has 0 saturated carbocycles. The lowest BCUT2D eigenvalue weighted by molar-refractivity contribution is 0.108. The first-order chi connectivity index (χ1) is 13.8. The van der Waals surface area contributed by atoms with Crippen molar-refractivity contribution in [3.05, 3.63) is 82.9 Å². The van der Waals surface area contributed by atoms with E-state index >= 15 is 0 Å². The minimum Gasteiger partial charge on any atom is -0.372 e. The van der Waals surface area contributed by atoms with Gasteiger partial charge in [0.15, 0.2) is 0 Å². The van der Waals surface area contributed by atoms with Gasteiger partial charge in [-0.15, -0.1) is 0 Å². The van der Waals surface area contributed by atoms with Crippen molar-refractivity contribution in [3.8, 4) is 11.1 Å². The molecule has 5 nitrogen and oxygen atoms in total. The van der Waals surface area contributed by atoms with Crippen LogP contribution in [0.15, 0.2) is 81.4 Å². The Morgan fingerprint density at radius 1 is 1.07 bits per heavy atom. The van der Waals surface area contributed by atoms with Crippen molar-refractivity contribution >= 4 is 17.4 Å². The Morgan fingerprint density at radius 2 is 1.86 bits per heavy atom. The maximum Gasteiger partial charge on any atom is 0.274 e. The molecular formula is C22H19N3O2S. The second-order valence-electron chi connectivity index (χ2n) is 6.82. The first kappa shape index (κ1) is 17.3. The van der Waals surface area contributed by atoms with Gasteiger partial charge in [0, 0.05) is 28.0 Å². The van der Waals surface area contributed by atoms with Crippen LogP contribution in [0.25, 0.3) is 16.8 Å². The van der Waals surface area contributed by atoms with Crippen molar-refractivity contribution in [3.63, 3.8) is 0 Å². The number of nitrogens with one attached hydrogen (secondary N) is 1. The minimum absolute atomic E-state index is 0.0369. The van der Waals surface area contributed by atoms with Crippen LogP contribution in [-0.4, -0.2) is 21.2 Å². The minimum atomic E-state index is -0.137. The molecule has 0 bridgehead atoms. The monoisotopic (exact) mass is 389 g/mol. The van der Waals surface area contributed by atoms with Gasteiger partial charge in [-0.3, -0.25) is 4.79 Å². The number of fused-ring (bicyclic) bond motifs is 1. The van der Waals surface area contributed by atoms with Crippen molar-refractivity contribution in [2.75, 3.05) is 6.61 Å². The fraction of sp³-hybridized carbons (Fsp3) is 0.182. The second-order valence-corrected chi connectivity index (χ2v) is 7.97. The number of nitrogens with zero attached hydrogens (tertiary/aromatic N) is 2. The molecule has 0 aliphatic carbocycles. The molecule has 2 aromatic heterocycles. The molecule has 1 fully saturated rings. The van der Waals surface area contributed by atoms with Gasteiger partial charge in [0.25, 0.3) is 5.56 Å². The van der Waals surface area contributed by atoms with Crippen LogP contribution in [-0.2, 0) is 4.74 Å². The molecule has 2 aromatic carbocycles. The van der Waals surface area contributed by atoms with Gasteiger partial charge in [0.2, 0.25) is 0 Å². The molecule has 3 heterocycles. The first-order valence-corrected chi connectivity index (χ1v) is 10.2. The summed E-state index contributed by atoms with van der Waals surface area (Å²) in [6, 6.07) is 20.2. The molecule has 1 N–H and O–H groups in total. The maximum absolute atomic E-state index is 12.5. The van der Waals surface area contributed by atoms with Gasteiger partial charge in [-0.25, -0.2) is 0 Å². The fourth-order valence-electron chi connectivity index (χ4n) is 3.54. The van der Waals surface area contributed by atoms with Gasteiger partial charge in [0.05, 0.1) is 18.0 Å². The molecule has 1 aliphatic rings. The second kappa shape index (κ2) is 7.30. The van der Waals surface area contributed by atoms with Crippen molar-refractivity contribution in [2.45, 2.75) is 28.7 Å². The van der Waals surface area contributed by atoms with Crippen molar-refractivity contribution in [1.82, 2.24) is 14.6 Å². The summed E-state index contributed by atoms with van der Waals surface area (Å²) in [4.78, 5) is 18.2. The van der Waals surface area contributed by atoms with Gasteiger partial charge in [-0.2, -0.15) is 9.61 Å². The summed E-state index contributed by atoms with van der Waals surface area (Å²) in [5, 5.41) is 4.28. The molecule has 1 saturated heterocycles. The molecule has 0 spiro atoms. The molecule has 4 aromatic rings. The number of aromatic nitrogens is 3. The molecule has 0 amide bonds. The van der Waals surface area contributed by atoms with E-state index in [0.29, 0.717) is 5.65 Å². The summed E-state index contributed by atoms with van der Waals surface area (Å²) in [6.45, 7) is 0.741. The van der Waals surface area contributed by atoms with E-state index in [-0.39, 0.29) is 11.7 Å². The molecule has 5 rings (SSSR count). The summed E-state index contributed by atoms with van der Waals surface area (Å²) >= 11 is 1.72. The normalized spacial score (nSPS) is 16.6. The standard InChI is InChI=1S/C22H19N3O2S/c26-21-13-19(20-7-4-12-27-20)24-22-18(14-23-25(21)22)15-8-10-17(11-9-15)28-16-5-2-1-3-6-16/h1-3,5-6,8-11,13-14,20,24H,4,7,12H2. The fourth-order valence-corrected chi connectivity index (χ4v) is 4.38. The van der Waals surface area contributed by atoms with Crippen LogP contribution in [0.4, 0.5) is 0 Å². The van der Waals surface area contributed by atoms with E-state index < -0.39 is 0 Å². The van der Waals surface area contributed by atoms with Crippen LogP contribution >= 0.6 is 11.8 Å². The zero-order valence-electron chi connectivity index (χ0n) is 15.2. The summed E-state index contributed by atoms with van der Waals surface area (Å²) in [5.74, 6) is 0. The highest BCUT2D eigenvalue weighted by molar-refractivity contribution is 7.99. The lowest BCUT2D eigenvalue weighted by Crippen LogP contribution is -2.17. The molecule has 1 aliphatic heterocycles. The highest BCUT2D eigenvalue weighted by Gasteiger charge is 2.20. The number of hydrogen-bond donors (Lipinski definition) is 1. The molecule has 6 heteroatoms. The Balaban J connectivity index is 1.49. The van der Waals surface area contributed by atoms with Crippen LogP contribution in [0.3, 0.4) is 0 Å². The van der Waals surface area contributed by atoms with Crippen molar-refractivity contribution in [1.29, 1.82) is 0 Å². The maximum atomic E-state index is 12.5. The predicted octanol–water partition coefficient (Wildman–Crippen LogP) is 4.69. The molecule has 1 atom stereocenters. The van der Waals surface area contributed by atoms with E-state index in [2.05, 4.69) is 46.5 Å². The quantitative estimate of drug-likeness (QED) is 0.550. The smallest absolute Gasteiger partial charge is 0.274 e. The number of ether oxygens (including phenoxy) is 1. The zero-order chi connectivity index (χ0) is 18.9. The molecule has 1 unspecified atom stereocenters. The Bertz CT molecular complexity index is 1160. The first-order valence-electron chi connectivity index (χ1n) is 9.34. The third kappa shape index (κ3) is 3.25. The van der Waals surface area contributed by atoms with E-state index in [1.807, 2.05) is 18.2 Å². The summed E-state index contributed by atoms with van der Waals surface area (Å²) in [6.07, 6.45) is 3.65. The highest BCUT2D eigenvalue weighted by atomic mass is 32.2. The lowest BCUT2D eigenvalue weighted by Gasteiger charge is -2.10. The van der Waals surface area contributed by atoms with Gasteiger partial charge in [0.1, 0.15) is 5.65 Å². The molecule has 140 valence electrons. The Kier molecular flexibility index (Phi) is 4.50. The molecule has 28 heavy (non-hydrogen) atoms. The number of aromatic amines is 1. The van der Waals surface area contributed by atoms with Gasteiger partial charge in [-0.05, 0) is 42.7 Å². The Hall–Kier alpha value is -2.83. The number of rotatable bonds is 4. The number of H-pyrrole nitrogens is 1. The Labute approximate surface area is 166 Å². The highest BCUT2D eigenvalue weighted by Crippen LogP contribution is 2.31. The largest absolute Gasteiger partial charge is 0.372 e. The predicted molar refractivity (Wildman–Crippen MR) is 110 cm³/mol. The molecule has 0 radical (unpaired) electrons. The van der Waals surface area contributed by atoms with Gasteiger partial charge >= 0.3 is 0 Å². The van der Waals surface area contributed by atoms with E-state index in [1.54, 1.807) is 24.0 Å². The van der Waals surface area contributed by atoms with Crippen LogP contribution < -0.4 is 5.56 Å². The van der Waals surface area contributed by atoms with Crippen molar-refractivity contribution < 1.29 is 4.74 Å². The van der Waals surface area contributed by atoms with E-state index in [4.69, 9.17) is 4.74 Å². The summed E-state index contributed by atoms with van der Waals surface area (Å²) in [7, 11) is 0. The lowest BCUT2D eigenvalue weighted by atomic mass is 10.1. The zero-order valence-corrected chi connectivity index (χ0v) is 16.0. The SMILES string of the molecule is O=c1cc(C2CCCO2)[nH]c2c(-c3ccc(Sc4ccccc4)cc3)cnn12. The van der Waals surface area contributed by atoms with Crippen LogP contribution in [0, 0.1) is 0 Å². The topological polar surface area (TPSA) is 59.4 Å². The average Bonchev–Trinajstić information content (AvgIpc) is 3.40.